The van der Waals surface area contributed by atoms with Gasteiger partial charge in [-0.2, -0.15) is 0 Å². The Hall–Kier alpha value is -2.30. The molecule has 1 aliphatic carbocycles. The second-order valence-electron chi connectivity index (χ2n) is 5.61. The number of rotatable bonds is 4. The van der Waals surface area contributed by atoms with E-state index in [-0.39, 0.29) is 18.0 Å². The van der Waals surface area contributed by atoms with E-state index in [0.29, 0.717) is 17.9 Å². The molecule has 1 aliphatic heterocycles. The van der Waals surface area contributed by atoms with E-state index in [9.17, 15) is 9.59 Å². The fraction of sp³-hybridized carbons (Fsp3) is 0.412. The molecule has 0 saturated heterocycles. The maximum atomic E-state index is 12.4. The maximum Gasteiger partial charge on any atom is 0.338 e. The molecular weight excluding hydrogens is 280 g/mol. The molecule has 2 amide bonds. The smallest absolute Gasteiger partial charge is 0.338 e. The van der Waals surface area contributed by atoms with Crippen molar-refractivity contribution in [3.63, 3.8) is 0 Å². The number of benzene rings is 1. The van der Waals surface area contributed by atoms with Gasteiger partial charge in [-0.15, -0.1) is 0 Å². The number of urea groups is 1. The molecule has 1 heterocycles. The lowest BCUT2D eigenvalue weighted by Crippen LogP contribution is -2.48. The van der Waals surface area contributed by atoms with Gasteiger partial charge in [-0.25, -0.2) is 9.59 Å². The summed E-state index contributed by atoms with van der Waals surface area (Å²) < 4.78 is 5.21. The molecule has 3 rings (SSSR count). The van der Waals surface area contributed by atoms with Gasteiger partial charge in [0, 0.05) is 11.7 Å². The first-order valence-corrected chi connectivity index (χ1v) is 7.66. The lowest BCUT2D eigenvalue weighted by atomic mass is 9.95. The standard InChI is InChI=1S/C17H20N2O3/c1-3-22-16(20)14-11(2)19(13-9-10-13)17(21)18-15(14)12-7-5-4-6-8-12/h4-8,13,15H,3,9-10H2,1-2H3,(H,18,21)/t15-/m0/s1. The summed E-state index contributed by atoms with van der Waals surface area (Å²) >= 11 is 0. The molecule has 1 N–H and O–H groups in total. The quantitative estimate of drug-likeness (QED) is 0.870. The first-order chi connectivity index (χ1) is 10.6. The van der Waals surface area contributed by atoms with E-state index in [1.807, 2.05) is 37.3 Å². The molecule has 1 fully saturated rings. The lowest BCUT2D eigenvalue weighted by molar-refractivity contribution is -0.139. The van der Waals surface area contributed by atoms with Crippen molar-refractivity contribution in [3.05, 3.63) is 47.2 Å². The summed E-state index contributed by atoms with van der Waals surface area (Å²) in [7, 11) is 0. The van der Waals surface area contributed by atoms with Crippen LogP contribution in [0, 0.1) is 0 Å². The van der Waals surface area contributed by atoms with Gasteiger partial charge in [-0.1, -0.05) is 30.3 Å². The Labute approximate surface area is 129 Å². The number of hydrogen-bond donors (Lipinski definition) is 1. The van der Waals surface area contributed by atoms with Crippen molar-refractivity contribution in [1.29, 1.82) is 0 Å². The molecule has 1 saturated carbocycles. The Morgan fingerprint density at radius 1 is 1.32 bits per heavy atom. The van der Waals surface area contributed by atoms with Crippen LogP contribution in [0.2, 0.25) is 0 Å². The lowest BCUT2D eigenvalue weighted by Gasteiger charge is -2.35. The fourth-order valence-corrected chi connectivity index (χ4v) is 2.90. The minimum Gasteiger partial charge on any atom is -0.463 e. The van der Waals surface area contributed by atoms with Crippen molar-refractivity contribution in [2.45, 2.75) is 38.8 Å². The monoisotopic (exact) mass is 300 g/mol. The molecule has 0 radical (unpaired) electrons. The second-order valence-corrected chi connectivity index (χ2v) is 5.61. The Balaban J connectivity index is 2.04. The van der Waals surface area contributed by atoms with Gasteiger partial charge in [0.05, 0.1) is 18.2 Å². The van der Waals surface area contributed by atoms with Gasteiger partial charge in [0.25, 0.3) is 0 Å². The van der Waals surface area contributed by atoms with Crippen molar-refractivity contribution >= 4 is 12.0 Å². The van der Waals surface area contributed by atoms with Gasteiger partial charge in [-0.05, 0) is 32.3 Å². The average molecular weight is 300 g/mol. The zero-order chi connectivity index (χ0) is 15.7. The van der Waals surface area contributed by atoms with Crippen LogP contribution in [0.25, 0.3) is 0 Å². The number of carbonyl (C=O) groups excluding carboxylic acids is 2. The van der Waals surface area contributed by atoms with Crippen molar-refractivity contribution in [3.8, 4) is 0 Å². The second kappa shape index (κ2) is 5.83. The third kappa shape index (κ3) is 2.58. The number of carbonyl (C=O) groups is 2. The Morgan fingerprint density at radius 2 is 2.00 bits per heavy atom. The molecule has 2 aliphatic rings. The third-order valence-corrected chi connectivity index (χ3v) is 4.07. The highest BCUT2D eigenvalue weighted by molar-refractivity contribution is 5.95. The van der Waals surface area contributed by atoms with Gasteiger partial charge in [0.15, 0.2) is 0 Å². The summed E-state index contributed by atoms with van der Waals surface area (Å²) in [6, 6.07) is 9.13. The molecule has 1 aromatic carbocycles. The predicted molar refractivity (Wildman–Crippen MR) is 81.9 cm³/mol. The number of allylic oxidation sites excluding steroid dienone is 1. The van der Waals surface area contributed by atoms with Crippen LogP contribution in [-0.2, 0) is 9.53 Å². The van der Waals surface area contributed by atoms with Crippen LogP contribution < -0.4 is 5.32 Å². The molecule has 5 heteroatoms. The molecule has 22 heavy (non-hydrogen) atoms. The summed E-state index contributed by atoms with van der Waals surface area (Å²) in [5, 5.41) is 2.95. The zero-order valence-electron chi connectivity index (χ0n) is 12.8. The van der Waals surface area contributed by atoms with Gasteiger partial charge in [0.2, 0.25) is 0 Å². The van der Waals surface area contributed by atoms with E-state index in [1.165, 1.54) is 0 Å². The molecule has 1 aromatic rings. The van der Waals surface area contributed by atoms with Crippen molar-refractivity contribution in [1.82, 2.24) is 10.2 Å². The van der Waals surface area contributed by atoms with E-state index >= 15 is 0 Å². The summed E-state index contributed by atoms with van der Waals surface area (Å²) in [6.07, 6.45) is 1.97. The van der Waals surface area contributed by atoms with E-state index in [4.69, 9.17) is 4.74 Å². The number of nitrogens with one attached hydrogen (secondary N) is 1. The minimum atomic E-state index is -0.456. The predicted octanol–water partition coefficient (Wildman–Crippen LogP) is 2.75. The van der Waals surface area contributed by atoms with Gasteiger partial charge < -0.3 is 10.1 Å². The fourth-order valence-electron chi connectivity index (χ4n) is 2.90. The van der Waals surface area contributed by atoms with Crippen molar-refractivity contribution in [2.75, 3.05) is 6.61 Å². The largest absolute Gasteiger partial charge is 0.463 e. The Morgan fingerprint density at radius 3 is 2.59 bits per heavy atom. The van der Waals surface area contributed by atoms with Gasteiger partial charge in [-0.3, -0.25) is 4.90 Å². The number of amides is 2. The van der Waals surface area contributed by atoms with E-state index < -0.39 is 6.04 Å². The molecule has 116 valence electrons. The topological polar surface area (TPSA) is 58.6 Å². The van der Waals surface area contributed by atoms with Gasteiger partial charge in [0.1, 0.15) is 0 Å². The third-order valence-electron chi connectivity index (χ3n) is 4.07. The van der Waals surface area contributed by atoms with Crippen LogP contribution in [0.3, 0.4) is 0 Å². The first kappa shape index (κ1) is 14.6. The Kier molecular flexibility index (Phi) is 3.88. The highest BCUT2D eigenvalue weighted by Crippen LogP contribution is 2.37. The SMILES string of the molecule is CCOC(=O)C1=C(C)N(C2CC2)C(=O)N[C@H]1c1ccccc1. The highest BCUT2D eigenvalue weighted by atomic mass is 16.5. The molecule has 0 spiro atoms. The van der Waals surface area contributed by atoms with Crippen molar-refractivity contribution in [2.24, 2.45) is 0 Å². The maximum absolute atomic E-state index is 12.4. The first-order valence-electron chi connectivity index (χ1n) is 7.66. The van der Waals surface area contributed by atoms with E-state index in [2.05, 4.69) is 5.32 Å². The van der Waals surface area contributed by atoms with Crippen molar-refractivity contribution < 1.29 is 14.3 Å². The molecule has 0 unspecified atom stereocenters. The molecule has 0 aromatic heterocycles. The van der Waals surface area contributed by atoms with Crippen LogP contribution >= 0.6 is 0 Å². The molecule has 5 nitrogen and oxygen atoms in total. The highest BCUT2D eigenvalue weighted by Gasteiger charge is 2.42. The van der Waals surface area contributed by atoms with E-state index in [0.717, 1.165) is 18.4 Å². The van der Waals surface area contributed by atoms with Crippen LogP contribution in [0.15, 0.2) is 41.6 Å². The van der Waals surface area contributed by atoms with Crippen LogP contribution in [0.4, 0.5) is 4.79 Å². The summed E-state index contributed by atoms with van der Waals surface area (Å²) in [4.78, 5) is 26.6. The summed E-state index contributed by atoms with van der Waals surface area (Å²) in [5.41, 5.74) is 2.12. The number of nitrogens with zero attached hydrogens (tertiary/aromatic N) is 1. The molecule has 0 bridgehead atoms. The zero-order valence-corrected chi connectivity index (χ0v) is 12.8. The molecular formula is C17H20N2O3. The Bertz CT molecular complexity index is 620. The minimum absolute atomic E-state index is 0.137. The van der Waals surface area contributed by atoms with Gasteiger partial charge >= 0.3 is 12.0 Å². The number of esters is 1. The van der Waals surface area contributed by atoms with Crippen LogP contribution in [0.1, 0.15) is 38.3 Å². The van der Waals surface area contributed by atoms with E-state index in [1.54, 1.807) is 11.8 Å². The van der Waals surface area contributed by atoms with Crippen LogP contribution in [0.5, 0.6) is 0 Å². The summed E-state index contributed by atoms with van der Waals surface area (Å²) in [6.45, 7) is 3.93. The van der Waals surface area contributed by atoms with Crippen LogP contribution in [-0.4, -0.2) is 29.5 Å². The average Bonchev–Trinajstić information content (AvgIpc) is 3.32. The molecule has 1 atom stereocenters. The number of ether oxygens (including phenoxy) is 1. The summed E-state index contributed by atoms with van der Waals surface area (Å²) in [5.74, 6) is -0.362. The normalized spacial score (nSPS) is 21.6. The number of hydrogen-bond acceptors (Lipinski definition) is 3.